The molecule has 1 heterocycles. The summed E-state index contributed by atoms with van der Waals surface area (Å²) in [7, 11) is 0. The normalized spacial score (nSPS) is 18.5. The highest BCUT2D eigenvalue weighted by atomic mass is 16.6. The zero-order valence-corrected chi connectivity index (χ0v) is 13.1. The average molecular weight is 291 g/mol. The van der Waals surface area contributed by atoms with Crippen LogP contribution in [0.5, 0.6) is 0 Å². The minimum absolute atomic E-state index is 0.0232. The molecule has 1 aromatic carbocycles. The van der Waals surface area contributed by atoms with E-state index in [4.69, 9.17) is 4.74 Å². The Labute approximate surface area is 127 Å². The summed E-state index contributed by atoms with van der Waals surface area (Å²) in [5, 5.41) is 9.93. The Bertz CT molecular complexity index is 468. The molecular weight excluding hydrogens is 264 g/mol. The fourth-order valence-corrected chi connectivity index (χ4v) is 2.76. The van der Waals surface area contributed by atoms with Gasteiger partial charge < -0.3 is 9.84 Å². The fourth-order valence-electron chi connectivity index (χ4n) is 2.76. The monoisotopic (exact) mass is 291 g/mol. The van der Waals surface area contributed by atoms with Crippen molar-refractivity contribution in [3.05, 3.63) is 29.8 Å². The van der Waals surface area contributed by atoms with E-state index in [1.54, 1.807) is 0 Å². The number of likely N-dealkylation sites (tertiary alicyclic amines) is 1. The zero-order chi connectivity index (χ0) is 15.1. The van der Waals surface area contributed by atoms with Gasteiger partial charge in [0.1, 0.15) is 6.10 Å². The van der Waals surface area contributed by atoms with Gasteiger partial charge in [-0.1, -0.05) is 25.5 Å². The molecule has 1 aliphatic rings. The van der Waals surface area contributed by atoms with Crippen molar-refractivity contribution in [3.63, 3.8) is 0 Å². The summed E-state index contributed by atoms with van der Waals surface area (Å²) in [6.07, 6.45) is 4.70. The van der Waals surface area contributed by atoms with E-state index in [2.05, 4.69) is 22.9 Å². The second kappa shape index (κ2) is 8.03. The lowest BCUT2D eigenvalue weighted by molar-refractivity contribution is -0.383. The van der Waals surface area contributed by atoms with E-state index in [0.29, 0.717) is 0 Å². The van der Waals surface area contributed by atoms with Gasteiger partial charge in [-0.2, -0.15) is 0 Å². The maximum atomic E-state index is 9.93. The Morgan fingerprint density at radius 1 is 1.33 bits per heavy atom. The molecule has 1 atom stereocenters. The van der Waals surface area contributed by atoms with Crippen molar-refractivity contribution in [2.75, 3.05) is 19.6 Å². The van der Waals surface area contributed by atoms with Crippen LogP contribution in [0, 0.1) is 0 Å². The first-order valence-corrected chi connectivity index (χ1v) is 7.98. The summed E-state index contributed by atoms with van der Waals surface area (Å²) in [5.41, 5.74) is 2.09. The molecule has 4 heteroatoms. The SMILES string of the molecule is CCc1cccc([NH+]=C(O)O[C@@H](C)CN2CCCCC2)c1. The maximum absolute atomic E-state index is 9.93. The summed E-state index contributed by atoms with van der Waals surface area (Å²) in [5.74, 6) is 0. The molecule has 0 saturated carbocycles. The molecule has 1 aliphatic heterocycles. The second-order valence-electron chi connectivity index (χ2n) is 5.77. The third-order valence-corrected chi connectivity index (χ3v) is 3.86. The molecule has 0 radical (unpaired) electrons. The lowest BCUT2D eigenvalue weighted by atomic mass is 10.1. The quantitative estimate of drug-likeness (QED) is 0.642. The number of hydrogen-bond donors (Lipinski definition) is 2. The zero-order valence-electron chi connectivity index (χ0n) is 13.1. The Morgan fingerprint density at radius 3 is 2.81 bits per heavy atom. The van der Waals surface area contributed by atoms with Crippen molar-refractivity contribution < 1.29 is 14.8 Å². The van der Waals surface area contributed by atoms with E-state index in [-0.39, 0.29) is 12.2 Å². The van der Waals surface area contributed by atoms with E-state index in [9.17, 15) is 5.11 Å². The lowest BCUT2D eigenvalue weighted by Crippen LogP contribution is -2.67. The van der Waals surface area contributed by atoms with Gasteiger partial charge in [-0.15, -0.1) is 4.99 Å². The van der Waals surface area contributed by atoms with Gasteiger partial charge in [-0.25, -0.2) is 0 Å². The van der Waals surface area contributed by atoms with Crippen molar-refractivity contribution in [1.82, 2.24) is 4.90 Å². The first kappa shape index (κ1) is 15.8. The Hall–Kier alpha value is -1.55. The highest BCUT2D eigenvalue weighted by Gasteiger charge is 2.17. The number of rotatable bonds is 5. The van der Waals surface area contributed by atoms with Crippen LogP contribution in [0.3, 0.4) is 0 Å². The number of ether oxygens (including phenoxy) is 1. The number of piperidine rings is 1. The first-order chi connectivity index (χ1) is 10.2. The lowest BCUT2D eigenvalue weighted by Gasteiger charge is -2.28. The van der Waals surface area contributed by atoms with Crippen LogP contribution in [0.4, 0.5) is 5.69 Å². The van der Waals surface area contributed by atoms with Gasteiger partial charge in [-0.05, 0) is 44.8 Å². The summed E-state index contributed by atoms with van der Waals surface area (Å²) >= 11 is 0. The molecule has 4 nitrogen and oxygen atoms in total. The molecule has 0 bridgehead atoms. The Balaban J connectivity index is 1.86. The topological polar surface area (TPSA) is 46.7 Å². The van der Waals surface area contributed by atoms with Crippen LogP contribution in [-0.2, 0) is 11.2 Å². The second-order valence-corrected chi connectivity index (χ2v) is 5.77. The molecule has 1 aromatic rings. The van der Waals surface area contributed by atoms with Gasteiger partial charge in [-0.3, -0.25) is 4.90 Å². The number of aryl methyl sites for hydroxylation is 1. The molecule has 0 unspecified atom stereocenters. The van der Waals surface area contributed by atoms with E-state index < -0.39 is 0 Å². The molecule has 0 aliphatic carbocycles. The van der Waals surface area contributed by atoms with Gasteiger partial charge in [0, 0.05) is 18.7 Å². The molecule has 2 rings (SSSR count). The third kappa shape index (κ3) is 5.38. The van der Waals surface area contributed by atoms with Crippen LogP contribution < -0.4 is 4.99 Å². The van der Waals surface area contributed by atoms with Crippen molar-refractivity contribution >= 4 is 11.8 Å². The maximum Gasteiger partial charge on any atom is 0.551 e. The average Bonchev–Trinajstić information content (AvgIpc) is 2.48. The van der Waals surface area contributed by atoms with Gasteiger partial charge in [0.15, 0.2) is 0 Å². The van der Waals surface area contributed by atoms with Crippen LogP contribution in [0.15, 0.2) is 24.3 Å². The van der Waals surface area contributed by atoms with Crippen molar-refractivity contribution in [2.24, 2.45) is 0 Å². The molecule has 0 spiro atoms. The van der Waals surface area contributed by atoms with Crippen LogP contribution >= 0.6 is 0 Å². The summed E-state index contributed by atoms with van der Waals surface area (Å²) < 4.78 is 5.55. The van der Waals surface area contributed by atoms with Crippen molar-refractivity contribution in [2.45, 2.75) is 45.6 Å². The number of aliphatic hydroxyl groups excluding tert-OH is 1. The van der Waals surface area contributed by atoms with Gasteiger partial charge in [0.05, 0.1) is 0 Å². The number of aliphatic hydroxyl groups is 1. The summed E-state index contributed by atoms with van der Waals surface area (Å²) in [6, 6.07) is 8.00. The fraction of sp³-hybridized carbons (Fsp3) is 0.588. The largest absolute Gasteiger partial charge is 0.551 e. The first-order valence-electron chi connectivity index (χ1n) is 7.98. The summed E-state index contributed by atoms with van der Waals surface area (Å²) in [6.45, 7) is 7.25. The van der Waals surface area contributed by atoms with Crippen LogP contribution in [0.2, 0.25) is 0 Å². The molecule has 116 valence electrons. The highest BCUT2D eigenvalue weighted by molar-refractivity contribution is 5.59. The number of nitrogens with one attached hydrogen (secondary N) is 1. The van der Waals surface area contributed by atoms with E-state index in [1.807, 2.05) is 25.1 Å². The molecular formula is C17H27N2O2+. The smallest absolute Gasteiger partial charge is 0.430 e. The predicted molar refractivity (Wildman–Crippen MR) is 84.9 cm³/mol. The van der Waals surface area contributed by atoms with Crippen molar-refractivity contribution in [1.29, 1.82) is 0 Å². The van der Waals surface area contributed by atoms with Crippen LogP contribution in [-0.4, -0.2) is 41.8 Å². The van der Waals surface area contributed by atoms with Crippen molar-refractivity contribution in [3.8, 4) is 0 Å². The van der Waals surface area contributed by atoms with Crippen LogP contribution in [0.25, 0.3) is 0 Å². The molecule has 0 amide bonds. The minimum Gasteiger partial charge on any atom is -0.430 e. The van der Waals surface area contributed by atoms with E-state index in [0.717, 1.165) is 31.7 Å². The Kier molecular flexibility index (Phi) is 6.05. The minimum atomic E-state index is -0.118. The van der Waals surface area contributed by atoms with Crippen LogP contribution in [0.1, 0.15) is 38.7 Å². The van der Waals surface area contributed by atoms with Gasteiger partial charge in [0.2, 0.25) is 5.69 Å². The molecule has 21 heavy (non-hydrogen) atoms. The number of hydrogen-bond acceptors (Lipinski definition) is 2. The number of nitrogens with zero attached hydrogens (tertiary/aromatic N) is 1. The standard InChI is InChI=1S/C17H26N2O2/c1-3-15-8-7-9-16(12-15)18-17(20)21-14(2)13-19-10-5-4-6-11-19/h7-9,12,14H,3-6,10-11,13H2,1-2H3,(H,18,20)/p+1/t14-/m0/s1. The van der Waals surface area contributed by atoms with E-state index >= 15 is 0 Å². The van der Waals surface area contributed by atoms with Gasteiger partial charge >= 0.3 is 6.08 Å². The highest BCUT2D eigenvalue weighted by Crippen LogP contribution is 2.09. The third-order valence-electron chi connectivity index (χ3n) is 3.86. The van der Waals surface area contributed by atoms with E-state index in [1.165, 1.54) is 24.8 Å². The predicted octanol–water partition coefficient (Wildman–Crippen LogP) is 1.77. The number of benzene rings is 1. The molecule has 1 saturated heterocycles. The molecule has 0 aromatic heterocycles. The summed E-state index contributed by atoms with van der Waals surface area (Å²) in [4.78, 5) is 5.32. The van der Waals surface area contributed by atoms with Gasteiger partial charge in [0.25, 0.3) is 0 Å². The molecule has 1 fully saturated rings. The Morgan fingerprint density at radius 2 is 2.10 bits per heavy atom. The molecule has 2 N–H and O–H groups in total.